The molecule has 0 amide bonds. The molecular formula is C14H15N7O2S. The Balaban J connectivity index is 1.56. The zero-order valence-corrected chi connectivity index (χ0v) is 14.0. The molecule has 2 aromatic heterocycles. The van der Waals surface area contributed by atoms with Crippen LogP contribution in [0.4, 0.5) is 0 Å². The van der Waals surface area contributed by atoms with Gasteiger partial charge in [0.25, 0.3) is 0 Å². The topological polar surface area (TPSA) is 92.8 Å². The molecular weight excluding hydrogens is 330 g/mol. The molecule has 0 radical (unpaired) electrons. The van der Waals surface area contributed by atoms with E-state index in [2.05, 4.69) is 39.5 Å². The highest BCUT2D eigenvalue weighted by molar-refractivity contribution is 7.98. The van der Waals surface area contributed by atoms with Crippen molar-refractivity contribution in [1.29, 1.82) is 0 Å². The van der Waals surface area contributed by atoms with E-state index in [0.29, 0.717) is 16.7 Å². The molecule has 9 nitrogen and oxygen atoms in total. The third-order valence-electron chi connectivity index (χ3n) is 3.51. The van der Waals surface area contributed by atoms with Gasteiger partial charge in [0.1, 0.15) is 12.2 Å². The molecule has 124 valence electrons. The van der Waals surface area contributed by atoms with Crippen LogP contribution in [-0.2, 0) is 5.75 Å². The Labute approximate surface area is 142 Å². The van der Waals surface area contributed by atoms with E-state index in [0.717, 1.165) is 17.3 Å². The molecule has 0 N–H and O–H groups in total. The van der Waals surface area contributed by atoms with Crippen molar-refractivity contribution in [2.75, 3.05) is 6.79 Å². The maximum Gasteiger partial charge on any atom is 0.231 e. The average molecular weight is 345 g/mol. The number of aromatic nitrogens is 7. The van der Waals surface area contributed by atoms with Crippen LogP contribution in [0.25, 0.3) is 5.69 Å². The van der Waals surface area contributed by atoms with Crippen molar-refractivity contribution in [1.82, 2.24) is 35.0 Å². The van der Waals surface area contributed by atoms with Crippen molar-refractivity contribution in [3.05, 3.63) is 30.4 Å². The molecule has 1 aromatic carbocycles. The number of ether oxygens (including phenoxy) is 2. The first-order chi connectivity index (χ1) is 11.7. The highest BCUT2D eigenvalue weighted by atomic mass is 32.2. The van der Waals surface area contributed by atoms with Gasteiger partial charge in [-0.2, -0.15) is 9.78 Å². The van der Waals surface area contributed by atoms with E-state index in [1.165, 1.54) is 11.8 Å². The summed E-state index contributed by atoms with van der Waals surface area (Å²) in [7, 11) is 0. The Morgan fingerprint density at radius 2 is 2.12 bits per heavy atom. The summed E-state index contributed by atoms with van der Waals surface area (Å²) in [6.07, 6.45) is 1.57. The van der Waals surface area contributed by atoms with Crippen LogP contribution in [0.5, 0.6) is 11.5 Å². The first kappa shape index (κ1) is 14.9. The zero-order valence-electron chi connectivity index (χ0n) is 13.2. The van der Waals surface area contributed by atoms with E-state index in [9.17, 15) is 0 Å². The van der Waals surface area contributed by atoms with Crippen LogP contribution in [0, 0.1) is 0 Å². The highest BCUT2D eigenvalue weighted by Gasteiger charge is 2.17. The standard InChI is InChI=1S/C14H15N7O2S/c1-9(2)20-13(15-7-16-20)6-24-14-17-18-19-21(14)10-3-4-11-12(5-10)23-8-22-11/h3-5,7,9H,6,8H2,1-2H3. The number of hydrogen-bond acceptors (Lipinski definition) is 8. The van der Waals surface area contributed by atoms with Gasteiger partial charge in [0.15, 0.2) is 11.5 Å². The van der Waals surface area contributed by atoms with Crippen molar-refractivity contribution >= 4 is 11.8 Å². The number of tetrazole rings is 1. The van der Waals surface area contributed by atoms with Gasteiger partial charge in [0.2, 0.25) is 11.9 Å². The molecule has 1 aliphatic heterocycles. The highest BCUT2D eigenvalue weighted by Crippen LogP contribution is 2.34. The van der Waals surface area contributed by atoms with Crippen molar-refractivity contribution in [2.24, 2.45) is 0 Å². The van der Waals surface area contributed by atoms with Crippen molar-refractivity contribution in [2.45, 2.75) is 30.8 Å². The van der Waals surface area contributed by atoms with E-state index < -0.39 is 0 Å². The lowest BCUT2D eigenvalue weighted by molar-refractivity contribution is 0.174. The fourth-order valence-electron chi connectivity index (χ4n) is 2.39. The third kappa shape index (κ3) is 2.68. The molecule has 4 rings (SSSR count). The molecule has 3 aromatic rings. The monoisotopic (exact) mass is 345 g/mol. The number of nitrogens with zero attached hydrogens (tertiary/aromatic N) is 7. The molecule has 0 atom stereocenters. The molecule has 0 saturated heterocycles. The second kappa shape index (κ2) is 6.11. The Kier molecular flexibility index (Phi) is 3.81. The Morgan fingerprint density at radius 3 is 3.00 bits per heavy atom. The van der Waals surface area contributed by atoms with Gasteiger partial charge in [-0.3, -0.25) is 0 Å². The molecule has 24 heavy (non-hydrogen) atoms. The second-order valence-corrected chi connectivity index (χ2v) is 6.36. The molecule has 0 spiro atoms. The largest absolute Gasteiger partial charge is 0.454 e. The van der Waals surface area contributed by atoms with E-state index >= 15 is 0 Å². The molecule has 3 heterocycles. The van der Waals surface area contributed by atoms with Gasteiger partial charge in [-0.15, -0.1) is 5.10 Å². The SMILES string of the molecule is CC(C)n1ncnc1CSc1nnnn1-c1ccc2c(c1)OCO2. The van der Waals surface area contributed by atoms with E-state index in [4.69, 9.17) is 9.47 Å². The summed E-state index contributed by atoms with van der Waals surface area (Å²) < 4.78 is 14.3. The molecule has 1 aliphatic rings. The van der Waals surface area contributed by atoms with Gasteiger partial charge < -0.3 is 9.47 Å². The van der Waals surface area contributed by atoms with Gasteiger partial charge in [-0.1, -0.05) is 11.8 Å². The number of benzene rings is 1. The predicted octanol–water partition coefficient (Wildman–Crippen LogP) is 1.86. The fraction of sp³-hybridized carbons (Fsp3) is 0.357. The van der Waals surface area contributed by atoms with Gasteiger partial charge in [0.05, 0.1) is 11.4 Å². The lowest BCUT2D eigenvalue weighted by atomic mass is 10.3. The molecule has 0 bridgehead atoms. The maximum absolute atomic E-state index is 5.41. The zero-order chi connectivity index (χ0) is 16.5. The minimum atomic E-state index is 0.237. The number of fused-ring (bicyclic) bond motifs is 1. The molecule has 0 fully saturated rings. The van der Waals surface area contributed by atoms with Crippen LogP contribution >= 0.6 is 11.8 Å². The Hall–Kier alpha value is -2.62. The normalized spacial score (nSPS) is 13.0. The maximum atomic E-state index is 5.41. The fourth-order valence-corrected chi connectivity index (χ4v) is 3.21. The lowest BCUT2D eigenvalue weighted by Gasteiger charge is -2.09. The van der Waals surface area contributed by atoms with Crippen LogP contribution in [0.3, 0.4) is 0 Å². The van der Waals surface area contributed by atoms with Crippen LogP contribution in [0.1, 0.15) is 25.7 Å². The number of hydrogen-bond donors (Lipinski definition) is 0. The molecule has 0 aliphatic carbocycles. The first-order valence-electron chi connectivity index (χ1n) is 7.42. The smallest absolute Gasteiger partial charge is 0.231 e. The minimum Gasteiger partial charge on any atom is -0.454 e. The summed E-state index contributed by atoms with van der Waals surface area (Å²) in [5, 5.41) is 16.8. The molecule has 0 saturated carbocycles. The number of rotatable bonds is 5. The van der Waals surface area contributed by atoms with Crippen LogP contribution in [0.15, 0.2) is 29.7 Å². The summed E-state index contributed by atoms with van der Waals surface area (Å²) in [5.74, 6) is 2.93. The lowest BCUT2D eigenvalue weighted by Crippen LogP contribution is -2.07. The second-order valence-electron chi connectivity index (χ2n) is 5.41. The summed E-state index contributed by atoms with van der Waals surface area (Å²) >= 11 is 1.50. The van der Waals surface area contributed by atoms with Crippen LogP contribution < -0.4 is 9.47 Å². The third-order valence-corrected chi connectivity index (χ3v) is 4.42. The van der Waals surface area contributed by atoms with Crippen molar-refractivity contribution < 1.29 is 9.47 Å². The van der Waals surface area contributed by atoms with Gasteiger partial charge >= 0.3 is 0 Å². The van der Waals surface area contributed by atoms with Crippen molar-refractivity contribution in [3.63, 3.8) is 0 Å². The minimum absolute atomic E-state index is 0.237. The van der Waals surface area contributed by atoms with E-state index in [1.807, 2.05) is 22.9 Å². The van der Waals surface area contributed by atoms with Crippen LogP contribution in [-0.4, -0.2) is 41.8 Å². The van der Waals surface area contributed by atoms with Gasteiger partial charge in [0, 0.05) is 12.1 Å². The number of thioether (sulfide) groups is 1. The quantitative estimate of drug-likeness (QED) is 0.647. The Morgan fingerprint density at radius 1 is 1.25 bits per heavy atom. The van der Waals surface area contributed by atoms with E-state index in [-0.39, 0.29) is 12.8 Å². The summed E-state index contributed by atoms with van der Waals surface area (Å²) in [6.45, 7) is 4.37. The summed E-state index contributed by atoms with van der Waals surface area (Å²) in [5.41, 5.74) is 0.817. The Bertz CT molecular complexity index is 860. The summed E-state index contributed by atoms with van der Waals surface area (Å²) in [6, 6.07) is 5.86. The van der Waals surface area contributed by atoms with Gasteiger partial charge in [-0.25, -0.2) is 9.67 Å². The molecule has 10 heteroatoms. The molecule has 0 unspecified atom stereocenters. The summed E-state index contributed by atoms with van der Waals surface area (Å²) in [4.78, 5) is 4.30. The van der Waals surface area contributed by atoms with Crippen LogP contribution in [0.2, 0.25) is 0 Å². The average Bonchev–Trinajstić information content (AvgIpc) is 3.31. The predicted molar refractivity (Wildman–Crippen MR) is 85.2 cm³/mol. The van der Waals surface area contributed by atoms with E-state index in [1.54, 1.807) is 11.0 Å². The first-order valence-corrected chi connectivity index (χ1v) is 8.40. The van der Waals surface area contributed by atoms with Gasteiger partial charge in [-0.05, 0) is 36.4 Å². The van der Waals surface area contributed by atoms with Crippen molar-refractivity contribution in [3.8, 4) is 17.2 Å².